The van der Waals surface area contributed by atoms with Crippen molar-refractivity contribution in [3.05, 3.63) is 100 Å². The first-order valence-corrected chi connectivity index (χ1v) is 11.1. The lowest BCUT2D eigenvalue weighted by Gasteiger charge is -2.16. The minimum Gasteiger partial charge on any atom is -1.00 e. The normalized spacial score (nSPS) is 14.1. The molecule has 1 aliphatic heterocycles. The number of pyridine rings is 1. The number of halogens is 1. The second-order valence-corrected chi connectivity index (χ2v) is 9.08. The van der Waals surface area contributed by atoms with Gasteiger partial charge in [0.1, 0.15) is 0 Å². The van der Waals surface area contributed by atoms with Crippen LogP contribution in [0.15, 0.2) is 82.7 Å². The Balaban J connectivity index is 0.00000231. The van der Waals surface area contributed by atoms with E-state index in [1.807, 2.05) is 11.8 Å². The highest BCUT2D eigenvalue weighted by Gasteiger charge is 2.24. The molecule has 3 aromatic carbocycles. The summed E-state index contributed by atoms with van der Waals surface area (Å²) in [7, 11) is 2.17. The number of aromatic nitrogens is 1. The van der Waals surface area contributed by atoms with Gasteiger partial charge >= 0.3 is 0 Å². The molecule has 0 spiro atoms. The molecular formula is C27H25IN2S. The number of benzene rings is 3. The molecule has 5 rings (SSSR count). The van der Waals surface area contributed by atoms with Gasteiger partial charge in [0, 0.05) is 55.4 Å². The largest absolute Gasteiger partial charge is 1.00 e. The van der Waals surface area contributed by atoms with Crippen LogP contribution in [0.25, 0.3) is 22.5 Å². The van der Waals surface area contributed by atoms with Gasteiger partial charge in [0.25, 0.3) is 0 Å². The monoisotopic (exact) mass is 536 g/mol. The third kappa shape index (κ3) is 3.99. The van der Waals surface area contributed by atoms with E-state index in [-0.39, 0.29) is 24.0 Å². The van der Waals surface area contributed by atoms with Crippen LogP contribution in [0.1, 0.15) is 22.5 Å². The standard InChI is InChI=1S/C27H25N2S.HI/c1-18-9-12-23(13-10-18)29-19(2)15-21(16-20(29)3)17-26-28(4)27-24-8-6-5-7-22(24)11-14-25(27)30-26;/h5-17H,1-4H3;1H/q+1;/p-1. The Morgan fingerprint density at radius 2 is 1.52 bits per heavy atom. The molecule has 1 aromatic heterocycles. The van der Waals surface area contributed by atoms with E-state index in [9.17, 15) is 0 Å². The van der Waals surface area contributed by atoms with Gasteiger partial charge in [0.2, 0.25) is 5.69 Å². The first-order valence-electron chi connectivity index (χ1n) is 10.3. The highest BCUT2D eigenvalue weighted by molar-refractivity contribution is 8.04. The SMILES string of the molecule is Cc1ccc(-[n+]2c(C)cc(C=C3Sc4ccc5ccccc5c4N3C)cc2C)cc1.[I-]. The van der Waals surface area contributed by atoms with Crippen LogP contribution >= 0.6 is 11.8 Å². The maximum Gasteiger partial charge on any atom is 0.211 e. The Morgan fingerprint density at radius 1 is 0.839 bits per heavy atom. The van der Waals surface area contributed by atoms with Crippen LogP contribution in [0.2, 0.25) is 0 Å². The molecule has 4 heteroatoms. The van der Waals surface area contributed by atoms with E-state index in [2.05, 4.69) is 116 Å². The number of hydrogen-bond acceptors (Lipinski definition) is 2. The Hall–Kier alpha value is -2.31. The number of fused-ring (bicyclic) bond motifs is 3. The molecule has 0 atom stereocenters. The van der Waals surface area contributed by atoms with E-state index in [0.29, 0.717) is 0 Å². The molecule has 0 N–H and O–H groups in total. The summed E-state index contributed by atoms with van der Waals surface area (Å²) in [6.07, 6.45) is 2.30. The van der Waals surface area contributed by atoms with Crippen molar-refractivity contribution in [2.45, 2.75) is 25.7 Å². The summed E-state index contributed by atoms with van der Waals surface area (Å²) in [4.78, 5) is 3.65. The van der Waals surface area contributed by atoms with Crippen LogP contribution in [0.4, 0.5) is 5.69 Å². The van der Waals surface area contributed by atoms with Crippen molar-refractivity contribution in [3.8, 4) is 5.69 Å². The molecule has 0 saturated heterocycles. The van der Waals surface area contributed by atoms with Crippen molar-refractivity contribution in [2.75, 3.05) is 11.9 Å². The average molecular weight is 536 g/mol. The minimum atomic E-state index is 0. The summed E-state index contributed by atoms with van der Waals surface area (Å²) >= 11 is 1.85. The van der Waals surface area contributed by atoms with E-state index in [4.69, 9.17) is 0 Å². The van der Waals surface area contributed by atoms with Gasteiger partial charge < -0.3 is 28.9 Å². The summed E-state index contributed by atoms with van der Waals surface area (Å²) < 4.78 is 2.31. The fourth-order valence-corrected chi connectivity index (χ4v) is 5.47. The topological polar surface area (TPSA) is 7.12 Å². The first kappa shape index (κ1) is 21.9. The molecule has 2 nitrogen and oxygen atoms in total. The summed E-state index contributed by atoms with van der Waals surface area (Å²) in [6, 6.07) is 26.4. The third-order valence-corrected chi connectivity index (χ3v) is 6.93. The summed E-state index contributed by atoms with van der Waals surface area (Å²) in [5.41, 5.74) is 7.51. The molecule has 0 fully saturated rings. The third-order valence-electron chi connectivity index (χ3n) is 5.78. The predicted octanol–water partition coefficient (Wildman–Crippen LogP) is 3.59. The number of hydrogen-bond donors (Lipinski definition) is 0. The lowest BCUT2D eigenvalue weighted by Crippen LogP contribution is -3.00. The zero-order valence-corrected chi connectivity index (χ0v) is 21.2. The molecule has 0 aliphatic carbocycles. The molecule has 31 heavy (non-hydrogen) atoms. The highest BCUT2D eigenvalue weighted by Crippen LogP contribution is 2.49. The van der Waals surface area contributed by atoms with Gasteiger partial charge in [-0.1, -0.05) is 59.8 Å². The van der Waals surface area contributed by atoms with Crippen LogP contribution in [0.3, 0.4) is 0 Å². The van der Waals surface area contributed by atoms with Gasteiger partial charge in [-0.3, -0.25) is 0 Å². The Bertz CT molecular complexity index is 1290. The molecule has 0 unspecified atom stereocenters. The predicted molar refractivity (Wildman–Crippen MR) is 128 cm³/mol. The van der Waals surface area contributed by atoms with E-state index < -0.39 is 0 Å². The molecule has 0 amide bonds. The van der Waals surface area contributed by atoms with Crippen molar-refractivity contribution in [3.63, 3.8) is 0 Å². The zero-order chi connectivity index (χ0) is 20.8. The van der Waals surface area contributed by atoms with Gasteiger partial charge in [-0.25, -0.2) is 0 Å². The van der Waals surface area contributed by atoms with E-state index in [1.54, 1.807) is 0 Å². The first-order chi connectivity index (χ1) is 14.5. The maximum absolute atomic E-state index is 2.33. The number of aryl methyl sites for hydroxylation is 3. The summed E-state index contributed by atoms with van der Waals surface area (Å²) in [5, 5.41) is 3.86. The number of thioether (sulfide) groups is 1. The van der Waals surface area contributed by atoms with Crippen LogP contribution < -0.4 is 33.4 Å². The molecule has 2 heterocycles. The minimum absolute atomic E-state index is 0. The Labute approximate surface area is 205 Å². The molecular weight excluding hydrogens is 511 g/mol. The van der Waals surface area contributed by atoms with Gasteiger partial charge in [-0.15, -0.1) is 0 Å². The zero-order valence-electron chi connectivity index (χ0n) is 18.2. The quantitative estimate of drug-likeness (QED) is 0.286. The van der Waals surface area contributed by atoms with Crippen molar-refractivity contribution in [2.24, 2.45) is 0 Å². The van der Waals surface area contributed by atoms with Crippen molar-refractivity contribution in [1.29, 1.82) is 0 Å². The summed E-state index contributed by atoms with van der Waals surface area (Å²) in [5.74, 6) is 0. The lowest BCUT2D eigenvalue weighted by molar-refractivity contribution is -0.609. The van der Waals surface area contributed by atoms with Crippen molar-refractivity contribution in [1.82, 2.24) is 0 Å². The van der Waals surface area contributed by atoms with Crippen LogP contribution in [0.5, 0.6) is 0 Å². The molecule has 156 valence electrons. The van der Waals surface area contributed by atoms with Crippen LogP contribution in [0, 0.1) is 20.8 Å². The Morgan fingerprint density at radius 3 is 2.23 bits per heavy atom. The number of rotatable bonds is 2. The molecule has 0 bridgehead atoms. The summed E-state index contributed by atoms with van der Waals surface area (Å²) in [6.45, 7) is 6.49. The maximum atomic E-state index is 2.33. The smallest absolute Gasteiger partial charge is 0.211 e. The van der Waals surface area contributed by atoms with Crippen LogP contribution in [-0.4, -0.2) is 7.05 Å². The molecule has 1 aliphatic rings. The average Bonchev–Trinajstić information content (AvgIpc) is 3.05. The highest BCUT2D eigenvalue weighted by atomic mass is 127. The van der Waals surface area contributed by atoms with Crippen LogP contribution in [-0.2, 0) is 0 Å². The number of nitrogens with zero attached hydrogens (tertiary/aromatic N) is 2. The number of anilines is 1. The Kier molecular flexibility index (Phi) is 6.13. The van der Waals surface area contributed by atoms with Gasteiger partial charge in [0.05, 0.1) is 10.7 Å². The lowest BCUT2D eigenvalue weighted by atomic mass is 10.1. The van der Waals surface area contributed by atoms with E-state index in [0.717, 1.165) is 0 Å². The molecule has 0 radical (unpaired) electrons. The molecule has 4 aromatic rings. The van der Waals surface area contributed by atoms with E-state index >= 15 is 0 Å². The van der Waals surface area contributed by atoms with Gasteiger partial charge in [0.15, 0.2) is 11.4 Å². The fourth-order valence-electron chi connectivity index (χ4n) is 4.34. The van der Waals surface area contributed by atoms with Gasteiger partial charge in [-0.2, -0.15) is 4.57 Å². The second kappa shape index (κ2) is 8.67. The molecule has 0 saturated carbocycles. The van der Waals surface area contributed by atoms with E-state index in [1.165, 1.54) is 54.6 Å². The van der Waals surface area contributed by atoms with Crippen molar-refractivity contribution >= 4 is 34.3 Å². The second-order valence-electron chi connectivity index (χ2n) is 8.02. The van der Waals surface area contributed by atoms with Crippen molar-refractivity contribution < 1.29 is 28.5 Å². The van der Waals surface area contributed by atoms with Gasteiger partial charge in [-0.05, 0) is 30.0 Å². The fraction of sp³-hybridized carbons (Fsp3) is 0.148.